The first-order chi connectivity index (χ1) is 14.3. The minimum Gasteiger partial charge on any atom is -0.322 e. The summed E-state index contributed by atoms with van der Waals surface area (Å²) in [5, 5.41) is 11.7. The van der Waals surface area contributed by atoms with Crippen molar-refractivity contribution < 1.29 is 18.0 Å². The van der Waals surface area contributed by atoms with Gasteiger partial charge in [0.2, 0.25) is 0 Å². The van der Waals surface area contributed by atoms with Crippen LogP contribution in [0.15, 0.2) is 36.5 Å². The zero-order valence-corrected chi connectivity index (χ0v) is 16.5. The summed E-state index contributed by atoms with van der Waals surface area (Å²) in [5.41, 5.74) is 0.0158. The van der Waals surface area contributed by atoms with Crippen LogP contribution in [0.25, 0.3) is 11.4 Å². The molecule has 1 N–H and O–H groups in total. The zero-order chi connectivity index (χ0) is 21.3. The van der Waals surface area contributed by atoms with Crippen LogP contribution in [0.3, 0.4) is 0 Å². The number of carbonyl (C=O) groups is 1. The summed E-state index contributed by atoms with van der Waals surface area (Å²) in [6, 6.07) is 6.78. The highest BCUT2D eigenvalue weighted by molar-refractivity contribution is 6.33. The second kappa shape index (κ2) is 8.06. The number of carbonyl (C=O) groups excluding carboxylic acids is 1. The Hall–Kier alpha value is -2.94. The van der Waals surface area contributed by atoms with Gasteiger partial charge in [0, 0.05) is 30.4 Å². The largest absolute Gasteiger partial charge is 0.433 e. The van der Waals surface area contributed by atoms with E-state index in [9.17, 15) is 18.0 Å². The molecule has 0 radical (unpaired) electrons. The fourth-order valence-electron chi connectivity index (χ4n) is 3.36. The van der Waals surface area contributed by atoms with Crippen LogP contribution in [0.4, 0.5) is 18.9 Å². The minimum absolute atomic E-state index is 0.0100. The van der Waals surface area contributed by atoms with Gasteiger partial charge in [0.1, 0.15) is 11.5 Å². The number of hydrogen-bond donors (Lipinski definition) is 1. The second-order valence-electron chi connectivity index (χ2n) is 6.98. The summed E-state index contributed by atoms with van der Waals surface area (Å²) in [6.07, 6.45) is 0.385. The van der Waals surface area contributed by atoms with Crippen molar-refractivity contribution in [1.82, 2.24) is 19.7 Å². The Bertz CT molecular complexity index is 1080. The molecule has 0 saturated carbocycles. The molecule has 0 fully saturated rings. The maximum Gasteiger partial charge on any atom is 0.433 e. The number of rotatable bonds is 3. The molecule has 30 heavy (non-hydrogen) atoms. The monoisotopic (exact) mass is 435 g/mol. The highest BCUT2D eigenvalue weighted by atomic mass is 35.5. The number of halogens is 4. The third-order valence-corrected chi connectivity index (χ3v) is 5.22. The van der Waals surface area contributed by atoms with Gasteiger partial charge in [-0.25, -0.2) is 0 Å². The molecule has 0 unspecified atom stereocenters. The Balaban J connectivity index is 1.58. The fourth-order valence-corrected chi connectivity index (χ4v) is 3.56. The number of anilines is 1. The molecule has 3 heterocycles. The third kappa shape index (κ3) is 4.16. The topological polar surface area (TPSA) is 72.7 Å². The van der Waals surface area contributed by atoms with Crippen molar-refractivity contribution in [1.29, 1.82) is 0 Å². The molecule has 1 aliphatic rings. The maximum absolute atomic E-state index is 12.6. The van der Waals surface area contributed by atoms with Gasteiger partial charge < -0.3 is 9.88 Å². The fraction of sp³-hybridized carbons (Fsp3) is 0.300. The first kappa shape index (κ1) is 20.3. The van der Waals surface area contributed by atoms with E-state index in [1.807, 2.05) is 4.57 Å². The average Bonchev–Trinajstić information content (AvgIpc) is 2.96. The van der Waals surface area contributed by atoms with Crippen molar-refractivity contribution in [2.75, 3.05) is 5.32 Å². The van der Waals surface area contributed by atoms with E-state index < -0.39 is 17.8 Å². The normalized spacial score (nSPS) is 14.1. The first-order valence-corrected chi connectivity index (χ1v) is 9.77. The van der Waals surface area contributed by atoms with Gasteiger partial charge in [-0.05, 0) is 43.2 Å². The number of amides is 1. The highest BCUT2D eigenvalue weighted by Crippen LogP contribution is 2.32. The number of aromatic nitrogens is 4. The lowest BCUT2D eigenvalue weighted by Crippen LogP contribution is -2.14. The van der Waals surface area contributed by atoms with Gasteiger partial charge in [0.05, 0.1) is 10.6 Å². The highest BCUT2D eigenvalue weighted by Gasteiger charge is 2.32. The number of benzene rings is 1. The van der Waals surface area contributed by atoms with Crippen molar-refractivity contribution in [2.45, 2.75) is 38.4 Å². The lowest BCUT2D eigenvalue weighted by Gasteiger charge is -2.11. The van der Waals surface area contributed by atoms with Crippen LogP contribution in [0.5, 0.6) is 0 Å². The molecule has 0 spiro atoms. The molecule has 156 valence electrons. The van der Waals surface area contributed by atoms with Gasteiger partial charge in [0.15, 0.2) is 5.82 Å². The molecule has 0 atom stereocenters. The summed E-state index contributed by atoms with van der Waals surface area (Å²) >= 11 is 6.37. The van der Waals surface area contributed by atoms with Gasteiger partial charge >= 0.3 is 6.18 Å². The summed E-state index contributed by atoms with van der Waals surface area (Å²) in [7, 11) is 0. The van der Waals surface area contributed by atoms with Crippen molar-refractivity contribution >= 4 is 23.2 Å². The first-order valence-electron chi connectivity index (χ1n) is 9.39. The summed E-state index contributed by atoms with van der Waals surface area (Å²) < 4.78 is 40.0. The molecule has 10 heteroatoms. The van der Waals surface area contributed by atoms with E-state index >= 15 is 0 Å². The van der Waals surface area contributed by atoms with Crippen LogP contribution in [-0.4, -0.2) is 25.7 Å². The molecule has 6 nitrogen and oxygen atoms in total. The van der Waals surface area contributed by atoms with E-state index in [2.05, 4.69) is 20.5 Å². The summed E-state index contributed by atoms with van der Waals surface area (Å²) in [5.74, 6) is 0.956. The maximum atomic E-state index is 12.6. The zero-order valence-electron chi connectivity index (χ0n) is 15.7. The van der Waals surface area contributed by atoms with Crippen LogP contribution < -0.4 is 5.32 Å². The Morgan fingerprint density at radius 2 is 1.93 bits per heavy atom. The number of nitrogens with one attached hydrogen (secondary N) is 1. The van der Waals surface area contributed by atoms with Crippen LogP contribution in [-0.2, 0) is 19.1 Å². The molecule has 1 aromatic carbocycles. The van der Waals surface area contributed by atoms with E-state index in [4.69, 9.17) is 11.6 Å². The number of aryl methyl sites for hydroxylation is 1. The van der Waals surface area contributed by atoms with Crippen LogP contribution in [0, 0.1) is 0 Å². The van der Waals surface area contributed by atoms with Crippen LogP contribution in [0.2, 0.25) is 5.02 Å². The molecular weight excluding hydrogens is 419 g/mol. The number of nitrogens with zero attached hydrogens (tertiary/aromatic N) is 4. The van der Waals surface area contributed by atoms with E-state index in [0.717, 1.165) is 56.4 Å². The quantitative estimate of drug-likeness (QED) is 0.629. The molecule has 0 aliphatic carbocycles. The van der Waals surface area contributed by atoms with Crippen molar-refractivity contribution in [3.05, 3.63) is 58.6 Å². The van der Waals surface area contributed by atoms with E-state index in [1.54, 1.807) is 18.2 Å². The smallest absolute Gasteiger partial charge is 0.322 e. The van der Waals surface area contributed by atoms with Crippen molar-refractivity contribution in [2.24, 2.45) is 0 Å². The second-order valence-corrected chi connectivity index (χ2v) is 7.39. The molecule has 0 saturated heterocycles. The third-order valence-electron chi connectivity index (χ3n) is 4.89. The van der Waals surface area contributed by atoms with Crippen LogP contribution in [0.1, 0.15) is 41.1 Å². The van der Waals surface area contributed by atoms with E-state index in [-0.39, 0.29) is 5.56 Å². The predicted octanol–water partition coefficient (Wildman–Crippen LogP) is 4.99. The van der Waals surface area contributed by atoms with Gasteiger partial charge in [-0.3, -0.25) is 9.78 Å². The number of alkyl halides is 3. The molecule has 1 amide bonds. The molecule has 4 rings (SSSR count). The van der Waals surface area contributed by atoms with Gasteiger partial charge in [-0.15, -0.1) is 10.2 Å². The average molecular weight is 436 g/mol. The molecule has 2 aromatic heterocycles. The molecule has 0 bridgehead atoms. The molecule has 1 aliphatic heterocycles. The SMILES string of the molecule is O=C(Nc1ccc(Cl)c(-c2nnc3n2CCCCC3)c1)c1ccc(C(F)(F)F)nc1. The van der Waals surface area contributed by atoms with Crippen LogP contribution >= 0.6 is 11.6 Å². The van der Waals surface area contributed by atoms with Crippen molar-refractivity contribution in [3.8, 4) is 11.4 Å². The molecular formula is C20H17ClF3N5O. The predicted molar refractivity (Wildman–Crippen MR) is 105 cm³/mol. The van der Waals surface area contributed by atoms with Gasteiger partial charge in [-0.2, -0.15) is 13.2 Å². The Morgan fingerprint density at radius 3 is 2.67 bits per heavy atom. The number of pyridine rings is 1. The Kier molecular flexibility index (Phi) is 5.46. The summed E-state index contributed by atoms with van der Waals surface area (Å²) in [4.78, 5) is 15.8. The van der Waals surface area contributed by atoms with Crippen molar-refractivity contribution in [3.63, 3.8) is 0 Å². The number of hydrogen-bond acceptors (Lipinski definition) is 4. The minimum atomic E-state index is -4.56. The number of fused-ring (bicyclic) bond motifs is 1. The summed E-state index contributed by atoms with van der Waals surface area (Å²) in [6.45, 7) is 0.793. The Morgan fingerprint density at radius 1 is 1.10 bits per heavy atom. The van der Waals surface area contributed by atoms with E-state index in [0.29, 0.717) is 22.1 Å². The Labute approximate surface area is 175 Å². The van der Waals surface area contributed by atoms with Gasteiger partial charge in [-0.1, -0.05) is 18.0 Å². The lowest BCUT2D eigenvalue weighted by molar-refractivity contribution is -0.141. The van der Waals surface area contributed by atoms with E-state index in [1.165, 1.54) is 0 Å². The van der Waals surface area contributed by atoms with Gasteiger partial charge in [0.25, 0.3) is 5.91 Å². The molecule has 3 aromatic rings. The standard InChI is InChI=1S/C20H17ClF3N5O/c21-15-7-6-13(26-19(30)12-5-8-16(25-11-12)20(22,23)24)10-14(15)18-28-27-17-4-2-1-3-9-29(17)18/h5-8,10-11H,1-4,9H2,(H,26,30). The lowest BCUT2D eigenvalue weighted by atomic mass is 10.1.